The number of carbonyl (C=O) groups is 3. The van der Waals surface area contributed by atoms with Gasteiger partial charge < -0.3 is 14.2 Å². The molecule has 0 saturated carbocycles. The molecule has 6 heteroatoms. The molecule has 0 rings (SSSR count). The molecule has 0 aromatic carbocycles. The number of hydrogen-bond acceptors (Lipinski definition) is 6. The summed E-state index contributed by atoms with van der Waals surface area (Å²) < 4.78 is 16.6. The van der Waals surface area contributed by atoms with Crippen molar-refractivity contribution < 1.29 is 28.6 Å². The molecule has 0 aromatic heterocycles. The average molecular weight is 753 g/mol. The van der Waals surface area contributed by atoms with Gasteiger partial charge in [-0.15, -0.1) is 0 Å². The summed E-state index contributed by atoms with van der Waals surface area (Å²) in [5, 5.41) is 0. The average Bonchev–Trinajstić information content (AvgIpc) is 3.17. The lowest BCUT2D eigenvalue weighted by Gasteiger charge is -2.18. The lowest BCUT2D eigenvalue weighted by atomic mass is 10.1. The highest BCUT2D eigenvalue weighted by atomic mass is 16.6. The number of rotatable bonds is 38. The Balaban J connectivity index is 4.43. The van der Waals surface area contributed by atoms with E-state index in [0.717, 1.165) is 109 Å². The van der Waals surface area contributed by atoms with Gasteiger partial charge in [-0.2, -0.15) is 0 Å². The zero-order valence-electron chi connectivity index (χ0n) is 35.0. The van der Waals surface area contributed by atoms with Gasteiger partial charge in [-0.25, -0.2) is 0 Å². The van der Waals surface area contributed by atoms with E-state index in [-0.39, 0.29) is 31.1 Å². The molecule has 0 saturated heterocycles. The highest BCUT2D eigenvalue weighted by molar-refractivity contribution is 5.71. The van der Waals surface area contributed by atoms with Crippen LogP contribution in [0.15, 0.2) is 72.9 Å². The van der Waals surface area contributed by atoms with Crippen molar-refractivity contribution in [3.05, 3.63) is 72.9 Å². The molecule has 0 aliphatic heterocycles. The van der Waals surface area contributed by atoms with E-state index in [1.54, 1.807) is 0 Å². The van der Waals surface area contributed by atoms with Gasteiger partial charge in [0, 0.05) is 19.3 Å². The van der Waals surface area contributed by atoms with E-state index in [1.807, 2.05) is 0 Å². The van der Waals surface area contributed by atoms with Gasteiger partial charge in [0.25, 0.3) is 0 Å². The first kappa shape index (κ1) is 50.9. The molecule has 0 fully saturated rings. The first-order chi connectivity index (χ1) is 26.5. The summed E-state index contributed by atoms with van der Waals surface area (Å²) in [4.78, 5) is 37.6. The van der Waals surface area contributed by atoms with Crippen LogP contribution in [-0.2, 0) is 28.6 Å². The Kier molecular flexibility index (Phi) is 40.1. The molecule has 54 heavy (non-hydrogen) atoms. The van der Waals surface area contributed by atoms with E-state index in [4.69, 9.17) is 14.2 Å². The monoisotopic (exact) mass is 753 g/mol. The van der Waals surface area contributed by atoms with Crippen LogP contribution in [0.3, 0.4) is 0 Å². The van der Waals surface area contributed by atoms with Crippen molar-refractivity contribution in [1.82, 2.24) is 0 Å². The Morgan fingerprint density at radius 3 is 1.22 bits per heavy atom. The zero-order valence-corrected chi connectivity index (χ0v) is 35.0. The number of carbonyl (C=O) groups excluding carboxylic acids is 3. The first-order valence-electron chi connectivity index (χ1n) is 21.9. The Bertz CT molecular complexity index is 1050. The lowest BCUT2D eigenvalue weighted by Crippen LogP contribution is -2.30. The van der Waals surface area contributed by atoms with Gasteiger partial charge in [-0.1, -0.05) is 164 Å². The topological polar surface area (TPSA) is 78.9 Å². The van der Waals surface area contributed by atoms with Crippen LogP contribution in [0.4, 0.5) is 0 Å². The quantitative estimate of drug-likeness (QED) is 0.0270. The van der Waals surface area contributed by atoms with E-state index >= 15 is 0 Å². The second kappa shape index (κ2) is 42.6. The number of allylic oxidation sites excluding steroid dienone is 12. The number of hydrogen-bond donors (Lipinski definition) is 0. The lowest BCUT2D eigenvalue weighted by molar-refractivity contribution is -0.167. The van der Waals surface area contributed by atoms with Gasteiger partial charge in [0.2, 0.25) is 0 Å². The Morgan fingerprint density at radius 1 is 0.389 bits per heavy atom. The van der Waals surface area contributed by atoms with Crippen molar-refractivity contribution in [2.45, 2.75) is 200 Å². The molecule has 308 valence electrons. The zero-order chi connectivity index (χ0) is 39.4. The predicted molar refractivity (Wildman–Crippen MR) is 228 cm³/mol. The maximum atomic E-state index is 12.7. The molecule has 0 aromatic rings. The normalized spacial score (nSPS) is 12.7. The standard InChI is InChI=1S/C48H80O6/c1-4-7-10-13-16-18-20-22-24-26-27-29-32-35-38-41-47(50)53-44-45(43-52-46(49)40-37-34-31-15-12-9-6-3)54-48(51)42-39-36-33-30-28-25-23-21-19-17-14-11-8-5-2/h7,10,14,16-18,21-24,27,29,45H,4-6,8-9,11-13,15,19-20,25-26,28,30-44H2,1-3H3/b10-7-,17-14-,18-16-,23-21-,24-22-,29-27-. The van der Waals surface area contributed by atoms with Crippen molar-refractivity contribution >= 4 is 17.9 Å². The van der Waals surface area contributed by atoms with Crippen LogP contribution in [0.5, 0.6) is 0 Å². The van der Waals surface area contributed by atoms with Crippen LogP contribution < -0.4 is 0 Å². The molecule has 0 amide bonds. The summed E-state index contributed by atoms with van der Waals surface area (Å²) in [6, 6.07) is 0. The van der Waals surface area contributed by atoms with Crippen LogP contribution in [0.1, 0.15) is 194 Å². The summed E-state index contributed by atoms with van der Waals surface area (Å²) >= 11 is 0. The molecule has 0 aliphatic rings. The van der Waals surface area contributed by atoms with Gasteiger partial charge >= 0.3 is 17.9 Å². The number of ether oxygens (including phenoxy) is 3. The molecular weight excluding hydrogens is 673 g/mol. The smallest absolute Gasteiger partial charge is 0.306 e. The summed E-state index contributed by atoms with van der Waals surface area (Å²) in [7, 11) is 0. The molecule has 0 spiro atoms. The molecule has 1 atom stereocenters. The second-order valence-electron chi connectivity index (χ2n) is 14.2. The summed E-state index contributed by atoms with van der Waals surface area (Å²) in [5.74, 6) is -0.967. The molecular formula is C48H80O6. The van der Waals surface area contributed by atoms with Crippen molar-refractivity contribution in [1.29, 1.82) is 0 Å². The third-order valence-electron chi connectivity index (χ3n) is 8.95. The first-order valence-corrected chi connectivity index (χ1v) is 21.9. The molecule has 0 bridgehead atoms. The minimum Gasteiger partial charge on any atom is -0.462 e. The van der Waals surface area contributed by atoms with E-state index in [0.29, 0.717) is 19.3 Å². The Hall–Kier alpha value is -3.15. The fourth-order valence-electron chi connectivity index (χ4n) is 5.62. The summed E-state index contributed by atoms with van der Waals surface area (Å²) in [6.07, 6.45) is 51.8. The maximum Gasteiger partial charge on any atom is 0.306 e. The van der Waals surface area contributed by atoms with E-state index < -0.39 is 6.10 Å². The number of esters is 3. The Labute approximate surface area is 332 Å². The summed E-state index contributed by atoms with van der Waals surface area (Å²) in [5.41, 5.74) is 0. The fraction of sp³-hybridized carbons (Fsp3) is 0.688. The van der Waals surface area contributed by atoms with Crippen LogP contribution in [-0.4, -0.2) is 37.2 Å². The van der Waals surface area contributed by atoms with Crippen molar-refractivity contribution in [3.8, 4) is 0 Å². The molecule has 1 unspecified atom stereocenters. The van der Waals surface area contributed by atoms with Crippen LogP contribution in [0.2, 0.25) is 0 Å². The van der Waals surface area contributed by atoms with Gasteiger partial charge in [0.05, 0.1) is 0 Å². The third kappa shape index (κ3) is 40.0. The van der Waals surface area contributed by atoms with E-state index in [2.05, 4.69) is 93.7 Å². The number of unbranched alkanes of at least 4 members (excludes halogenated alkanes) is 15. The van der Waals surface area contributed by atoms with Crippen LogP contribution in [0, 0.1) is 0 Å². The molecule has 0 radical (unpaired) electrons. The van der Waals surface area contributed by atoms with Gasteiger partial charge in [0.15, 0.2) is 6.10 Å². The van der Waals surface area contributed by atoms with Crippen LogP contribution in [0.25, 0.3) is 0 Å². The molecule has 0 N–H and O–H groups in total. The van der Waals surface area contributed by atoms with Gasteiger partial charge in [-0.05, 0) is 83.5 Å². The van der Waals surface area contributed by atoms with E-state index in [1.165, 1.54) is 44.9 Å². The maximum absolute atomic E-state index is 12.7. The largest absolute Gasteiger partial charge is 0.462 e. The molecule has 0 aliphatic carbocycles. The van der Waals surface area contributed by atoms with Crippen molar-refractivity contribution in [2.24, 2.45) is 0 Å². The third-order valence-corrected chi connectivity index (χ3v) is 8.95. The van der Waals surface area contributed by atoms with E-state index in [9.17, 15) is 14.4 Å². The van der Waals surface area contributed by atoms with Crippen LogP contribution >= 0.6 is 0 Å². The highest BCUT2D eigenvalue weighted by Crippen LogP contribution is 2.12. The minimum absolute atomic E-state index is 0.0950. The van der Waals surface area contributed by atoms with Gasteiger partial charge in [-0.3, -0.25) is 14.4 Å². The fourth-order valence-corrected chi connectivity index (χ4v) is 5.62. The van der Waals surface area contributed by atoms with Gasteiger partial charge in [0.1, 0.15) is 13.2 Å². The minimum atomic E-state index is -0.794. The summed E-state index contributed by atoms with van der Waals surface area (Å²) in [6.45, 7) is 6.36. The molecule has 6 nitrogen and oxygen atoms in total. The van der Waals surface area contributed by atoms with Crippen molar-refractivity contribution in [3.63, 3.8) is 0 Å². The SMILES string of the molecule is CC/C=C\C/C=C\C/C=C\C/C=C\CCCCC(=O)OCC(COC(=O)CCCCCCCCC)OC(=O)CCCCCCC/C=C\C/C=C\CCCC. The second-order valence-corrected chi connectivity index (χ2v) is 14.2. The highest BCUT2D eigenvalue weighted by Gasteiger charge is 2.19. The predicted octanol–water partition coefficient (Wildman–Crippen LogP) is 13.9. The Morgan fingerprint density at radius 2 is 0.741 bits per heavy atom. The van der Waals surface area contributed by atoms with Crippen molar-refractivity contribution in [2.75, 3.05) is 13.2 Å². The molecule has 0 heterocycles.